The number of ether oxygens (including phenoxy) is 1. The Bertz CT molecular complexity index is 1390. The van der Waals surface area contributed by atoms with E-state index < -0.39 is 12.5 Å². The molecular formula is C27H24F2N6O3. The van der Waals surface area contributed by atoms with Crippen LogP contribution in [0.25, 0.3) is 5.69 Å². The van der Waals surface area contributed by atoms with Crippen LogP contribution < -0.4 is 10.1 Å². The zero-order valence-corrected chi connectivity index (χ0v) is 20.2. The number of carbonyl (C=O) groups is 2. The van der Waals surface area contributed by atoms with E-state index in [9.17, 15) is 18.4 Å². The monoisotopic (exact) mass is 518 g/mol. The average molecular weight is 519 g/mol. The number of anilines is 1. The SMILES string of the molecule is O=C(Nc1ccc(C2CCN(C(=O)c3ncn(-c4ccccc4)n3)CC2)cc1)c1ccc(OC(F)F)cn1. The summed E-state index contributed by atoms with van der Waals surface area (Å²) in [6.45, 7) is -1.76. The van der Waals surface area contributed by atoms with Gasteiger partial charge in [0.25, 0.3) is 11.8 Å². The van der Waals surface area contributed by atoms with Crippen LogP contribution in [0.2, 0.25) is 0 Å². The lowest BCUT2D eigenvalue weighted by atomic mass is 9.89. The molecule has 3 heterocycles. The van der Waals surface area contributed by atoms with Crippen LogP contribution in [0.5, 0.6) is 5.75 Å². The standard InChI is InChI=1S/C27H24F2N6O3/c28-27(29)38-22-10-11-23(30-16-22)25(36)32-20-8-6-18(7-9-20)19-12-14-34(15-13-19)26(37)24-31-17-35(33-24)21-4-2-1-3-5-21/h1-11,16-17,19,27H,12-15H2,(H,32,36). The topological polar surface area (TPSA) is 102 Å². The van der Waals surface area contributed by atoms with Crippen molar-refractivity contribution in [2.24, 2.45) is 0 Å². The normalized spacial score (nSPS) is 13.9. The van der Waals surface area contributed by atoms with E-state index in [1.54, 1.807) is 28.0 Å². The predicted molar refractivity (Wildman–Crippen MR) is 135 cm³/mol. The molecule has 5 rings (SSSR count). The number of hydrogen-bond donors (Lipinski definition) is 1. The van der Waals surface area contributed by atoms with Crippen molar-refractivity contribution < 1.29 is 23.1 Å². The maximum Gasteiger partial charge on any atom is 0.387 e. The molecular weight excluding hydrogens is 494 g/mol. The van der Waals surface area contributed by atoms with Crippen molar-refractivity contribution in [2.45, 2.75) is 25.4 Å². The number of carbonyl (C=O) groups excluding carboxylic acids is 2. The van der Waals surface area contributed by atoms with E-state index >= 15 is 0 Å². The van der Waals surface area contributed by atoms with E-state index in [0.717, 1.165) is 30.3 Å². The van der Waals surface area contributed by atoms with Crippen molar-refractivity contribution in [1.82, 2.24) is 24.6 Å². The van der Waals surface area contributed by atoms with Gasteiger partial charge in [0.05, 0.1) is 11.9 Å². The van der Waals surface area contributed by atoms with Crippen LogP contribution in [0.3, 0.4) is 0 Å². The fraction of sp³-hybridized carbons (Fsp3) is 0.222. The molecule has 0 atom stereocenters. The fourth-order valence-corrected chi connectivity index (χ4v) is 4.34. The lowest BCUT2D eigenvalue weighted by Crippen LogP contribution is -2.38. The van der Waals surface area contributed by atoms with Crippen LogP contribution in [-0.2, 0) is 0 Å². The number of piperidine rings is 1. The van der Waals surface area contributed by atoms with Gasteiger partial charge in [0.2, 0.25) is 5.82 Å². The summed E-state index contributed by atoms with van der Waals surface area (Å²) in [6, 6.07) is 19.6. The van der Waals surface area contributed by atoms with Crippen LogP contribution in [0.4, 0.5) is 14.5 Å². The Kier molecular flexibility index (Phi) is 7.34. The van der Waals surface area contributed by atoms with Gasteiger partial charge in [-0.25, -0.2) is 14.6 Å². The molecule has 4 aromatic rings. The Morgan fingerprint density at radius 3 is 2.34 bits per heavy atom. The second-order valence-electron chi connectivity index (χ2n) is 8.75. The molecule has 1 N–H and O–H groups in total. The first-order valence-electron chi connectivity index (χ1n) is 12.0. The highest BCUT2D eigenvalue weighted by atomic mass is 19.3. The molecule has 2 aromatic heterocycles. The molecule has 0 aliphatic carbocycles. The van der Waals surface area contributed by atoms with Gasteiger partial charge in [-0.05, 0) is 60.7 Å². The largest absolute Gasteiger partial charge is 0.433 e. The smallest absolute Gasteiger partial charge is 0.387 e. The van der Waals surface area contributed by atoms with Gasteiger partial charge in [0, 0.05) is 18.8 Å². The van der Waals surface area contributed by atoms with Gasteiger partial charge >= 0.3 is 6.61 Å². The molecule has 0 radical (unpaired) electrons. The molecule has 1 fully saturated rings. The van der Waals surface area contributed by atoms with Crippen molar-refractivity contribution in [3.63, 3.8) is 0 Å². The number of alkyl halides is 2. The summed E-state index contributed by atoms with van der Waals surface area (Å²) in [7, 11) is 0. The summed E-state index contributed by atoms with van der Waals surface area (Å²) in [6.07, 6.45) is 4.22. The third kappa shape index (κ3) is 5.83. The Labute approximate surface area is 217 Å². The molecule has 0 bridgehead atoms. The van der Waals surface area contributed by atoms with Crippen molar-refractivity contribution in [2.75, 3.05) is 18.4 Å². The van der Waals surface area contributed by atoms with Crippen LogP contribution >= 0.6 is 0 Å². The predicted octanol–water partition coefficient (Wildman–Crippen LogP) is 4.54. The van der Waals surface area contributed by atoms with Crippen molar-refractivity contribution in [1.29, 1.82) is 0 Å². The molecule has 1 aliphatic heterocycles. The minimum absolute atomic E-state index is 0.0795. The van der Waals surface area contributed by atoms with Gasteiger partial charge in [0.15, 0.2) is 0 Å². The number of para-hydroxylation sites is 1. The summed E-state index contributed by atoms with van der Waals surface area (Å²) in [4.78, 5) is 35.2. The number of nitrogens with one attached hydrogen (secondary N) is 1. The molecule has 194 valence electrons. The number of pyridine rings is 1. The molecule has 0 spiro atoms. The number of amides is 2. The molecule has 2 aromatic carbocycles. The first kappa shape index (κ1) is 25.0. The molecule has 38 heavy (non-hydrogen) atoms. The molecule has 2 amide bonds. The summed E-state index contributed by atoms with van der Waals surface area (Å²) >= 11 is 0. The van der Waals surface area contributed by atoms with Crippen LogP contribution in [0.15, 0.2) is 79.3 Å². The zero-order valence-electron chi connectivity index (χ0n) is 20.2. The van der Waals surface area contributed by atoms with Crippen LogP contribution in [0.1, 0.15) is 45.4 Å². The van der Waals surface area contributed by atoms with Gasteiger partial charge in [-0.1, -0.05) is 30.3 Å². The van der Waals surface area contributed by atoms with Gasteiger partial charge in [-0.2, -0.15) is 8.78 Å². The number of likely N-dealkylation sites (tertiary alicyclic amines) is 1. The molecule has 0 unspecified atom stereocenters. The van der Waals surface area contributed by atoms with E-state index in [0.29, 0.717) is 18.8 Å². The molecule has 0 saturated carbocycles. The van der Waals surface area contributed by atoms with Crippen molar-refractivity contribution >= 4 is 17.5 Å². The lowest BCUT2D eigenvalue weighted by Gasteiger charge is -2.31. The van der Waals surface area contributed by atoms with Crippen LogP contribution in [0, 0.1) is 0 Å². The van der Waals surface area contributed by atoms with E-state index in [1.165, 1.54) is 12.1 Å². The number of nitrogens with zero attached hydrogens (tertiary/aromatic N) is 5. The maximum absolute atomic E-state index is 12.9. The number of rotatable bonds is 7. The van der Waals surface area contributed by atoms with Crippen molar-refractivity contribution in [3.8, 4) is 11.4 Å². The molecule has 1 saturated heterocycles. The highest BCUT2D eigenvalue weighted by Gasteiger charge is 2.26. The van der Waals surface area contributed by atoms with Gasteiger partial charge in [0.1, 0.15) is 17.8 Å². The Morgan fingerprint density at radius 1 is 0.947 bits per heavy atom. The van der Waals surface area contributed by atoms with Gasteiger partial charge in [-0.15, -0.1) is 5.10 Å². The Hall–Kier alpha value is -4.67. The Morgan fingerprint density at radius 2 is 1.68 bits per heavy atom. The van der Waals surface area contributed by atoms with E-state index in [2.05, 4.69) is 25.1 Å². The van der Waals surface area contributed by atoms with Crippen LogP contribution in [-0.4, -0.2) is 56.2 Å². The van der Waals surface area contributed by atoms with Gasteiger partial charge < -0.3 is 15.0 Å². The second kappa shape index (κ2) is 11.2. The average Bonchev–Trinajstić information content (AvgIpc) is 3.44. The minimum Gasteiger partial charge on any atom is -0.433 e. The first-order valence-corrected chi connectivity index (χ1v) is 12.0. The summed E-state index contributed by atoms with van der Waals surface area (Å²) < 4.78 is 30.4. The minimum atomic E-state index is -2.95. The molecule has 1 aliphatic rings. The molecule has 9 nitrogen and oxygen atoms in total. The fourth-order valence-electron chi connectivity index (χ4n) is 4.34. The Balaban J connectivity index is 1.13. The number of benzene rings is 2. The molecule has 11 heteroatoms. The number of halogens is 2. The highest BCUT2D eigenvalue weighted by Crippen LogP contribution is 2.29. The quantitative estimate of drug-likeness (QED) is 0.386. The number of hydrogen-bond acceptors (Lipinski definition) is 6. The van der Waals surface area contributed by atoms with Gasteiger partial charge in [-0.3, -0.25) is 9.59 Å². The highest BCUT2D eigenvalue weighted by molar-refractivity contribution is 6.02. The van der Waals surface area contributed by atoms with Crippen molar-refractivity contribution in [3.05, 3.63) is 96.3 Å². The summed E-state index contributed by atoms with van der Waals surface area (Å²) in [5.74, 6) is -0.303. The third-order valence-corrected chi connectivity index (χ3v) is 6.32. The second-order valence-corrected chi connectivity index (χ2v) is 8.75. The summed E-state index contributed by atoms with van der Waals surface area (Å²) in [5.41, 5.74) is 2.62. The maximum atomic E-state index is 12.9. The van der Waals surface area contributed by atoms with E-state index in [1.807, 2.05) is 42.5 Å². The number of aromatic nitrogens is 4. The van der Waals surface area contributed by atoms with E-state index in [4.69, 9.17) is 0 Å². The first-order chi connectivity index (χ1) is 18.5. The summed E-state index contributed by atoms with van der Waals surface area (Å²) in [5, 5.41) is 7.09. The zero-order chi connectivity index (χ0) is 26.5. The third-order valence-electron chi connectivity index (χ3n) is 6.32. The van der Waals surface area contributed by atoms with E-state index in [-0.39, 0.29) is 29.1 Å². The lowest BCUT2D eigenvalue weighted by molar-refractivity contribution is -0.0500.